The number of rotatable bonds is 4. The van der Waals surface area contributed by atoms with Crippen LogP contribution in [-0.4, -0.2) is 11.1 Å². The van der Waals surface area contributed by atoms with Crippen molar-refractivity contribution in [3.8, 4) is 0 Å². The molecule has 1 fully saturated rings. The molecule has 2 rings (SSSR count). The number of aryl methyl sites for hydroxylation is 1. The summed E-state index contributed by atoms with van der Waals surface area (Å²) >= 11 is 6.01. The fraction of sp³-hybridized carbons (Fsp3) is 0.417. The molecule has 0 amide bonds. The number of carboxylic acid groups (broad SMARTS) is 1. The molecule has 0 aliphatic heterocycles. The monoisotopic (exact) mass is 224 g/mol. The van der Waals surface area contributed by atoms with Gasteiger partial charge < -0.3 is 5.11 Å². The maximum Gasteiger partial charge on any atom is 0.306 e. The maximum absolute atomic E-state index is 10.6. The standard InChI is InChI=1S/C12H13ClO2/c13-11-4-2-1-3-8(11)5-6-9-7-10(9)12(14)15/h1-4,9-10H,5-7H2,(H,14,15). The van der Waals surface area contributed by atoms with E-state index in [1.807, 2.05) is 24.3 Å². The van der Waals surface area contributed by atoms with Crippen molar-refractivity contribution in [1.29, 1.82) is 0 Å². The first kappa shape index (κ1) is 10.5. The first-order valence-electron chi connectivity index (χ1n) is 5.14. The van der Waals surface area contributed by atoms with Crippen molar-refractivity contribution >= 4 is 17.6 Å². The molecule has 1 N–H and O–H groups in total. The summed E-state index contributed by atoms with van der Waals surface area (Å²) in [6.45, 7) is 0. The van der Waals surface area contributed by atoms with Gasteiger partial charge in [0.05, 0.1) is 5.92 Å². The Morgan fingerprint density at radius 2 is 2.20 bits per heavy atom. The van der Waals surface area contributed by atoms with Gasteiger partial charge in [0.25, 0.3) is 0 Å². The Morgan fingerprint density at radius 3 is 2.80 bits per heavy atom. The summed E-state index contributed by atoms with van der Waals surface area (Å²) in [4.78, 5) is 10.6. The van der Waals surface area contributed by atoms with Gasteiger partial charge in [-0.25, -0.2) is 0 Å². The van der Waals surface area contributed by atoms with Gasteiger partial charge in [-0.2, -0.15) is 0 Å². The number of hydrogen-bond donors (Lipinski definition) is 1. The highest BCUT2D eigenvalue weighted by atomic mass is 35.5. The molecular weight excluding hydrogens is 212 g/mol. The molecule has 15 heavy (non-hydrogen) atoms. The van der Waals surface area contributed by atoms with Crippen molar-refractivity contribution in [3.63, 3.8) is 0 Å². The number of hydrogen-bond acceptors (Lipinski definition) is 1. The van der Waals surface area contributed by atoms with Gasteiger partial charge in [-0.3, -0.25) is 4.79 Å². The molecule has 2 atom stereocenters. The number of benzene rings is 1. The molecule has 0 bridgehead atoms. The summed E-state index contributed by atoms with van der Waals surface area (Å²) < 4.78 is 0. The van der Waals surface area contributed by atoms with Gasteiger partial charge in [0.2, 0.25) is 0 Å². The third kappa shape index (κ3) is 2.51. The molecule has 0 radical (unpaired) electrons. The number of halogens is 1. The first-order valence-corrected chi connectivity index (χ1v) is 5.52. The van der Waals surface area contributed by atoms with E-state index in [-0.39, 0.29) is 5.92 Å². The van der Waals surface area contributed by atoms with E-state index in [0.29, 0.717) is 5.92 Å². The molecule has 0 saturated heterocycles. The second-order valence-electron chi connectivity index (χ2n) is 4.07. The molecule has 0 aromatic heterocycles. The zero-order chi connectivity index (χ0) is 10.8. The summed E-state index contributed by atoms with van der Waals surface area (Å²) in [5.41, 5.74) is 1.12. The molecule has 0 spiro atoms. The molecule has 2 nitrogen and oxygen atoms in total. The fourth-order valence-electron chi connectivity index (χ4n) is 1.91. The maximum atomic E-state index is 10.6. The Labute approximate surface area is 93.9 Å². The summed E-state index contributed by atoms with van der Waals surface area (Å²) in [6.07, 6.45) is 2.65. The van der Waals surface area contributed by atoms with Crippen LogP contribution >= 0.6 is 11.6 Å². The number of carboxylic acids is 1. The Bertz CT molecular complexity index is 376. The molecule has 0 heterocycles. The van der Waals surface area contributed by atoms with E-state index in [4.69, 9.17) is 16.7 Å². The average Bonchev–Trinajstić information content (AvgIpc) is 2.96. The Hall–Kier alpha value is -1.02. The van der Waals surface area contributed by atoms with Gasteiger partial charge in [0.1, 0.15) is 0 Å². The third-order valence-electron chi connectivity index (χ3n) is 2.98. The highest BCUT2D eigenvalue weighted by Gasteiger charge is 2.42. The Balaban J connectivity index is 1.85. The minimum absolute atomic E-state index is 0.104. The zero-order valence-electron chi connectivity index (χ0n) is 8.32. The van der Waals surface area contributed by atoms with E-state index >= 15 is 0 Å². The molecule has 1 aliphatic carbocycles. The van der Waals surface area contributed by atoms with Crippen LogP contribution in [0.5, 0.6) is 0 Å². The summed E-state index contributed by atoms with van der Waals surface area (Å²) in [5.74, 6) is -0.398. The second kappa shape index (κ2) is 4.23. The minimum Gasteiger partial charge on any atom is -0.481 e. The molecule has 1 saturated carbocycles. The molecule has 1 aliphatic rings. The Morgan fingerprint density at radius 1 is 1.47 bits per heavy atom. The normalized spacial score (nSPS) is 23.8. The van der Waals surface area contributed by atoms with E-state index in [0.717, 1.165) is 29.8 Å². The lowest BCUT2D eigenvalue weighted by Crippen LogP contribution is -2.00. The predicted molar refractivity (Wildman–Crippen MR) is 59.0 cm³/mol. The summed E-state index contributed by atoms with van der Waals surface area (Å²) in [7, 11) is 0. The Kier molecular flexibility index (Phi) is 2.96. The highest BCUT2D eigenvalue weighted by Crippen LogP contribution is 2.42. The predicted octanol–water partition coefficient (Wildman–Crippen LogP) is 2.99. The van der Waals surface area contributed by atoms with Crippen LogP contribution in [0, 0.1) is 11.8 Å². The molecule has 2 unspecified atom stereocenters. The largest absolute Gasteiger partial charge is 0.481 e. The summed E-state index contributed by atoms with van der Waals surface area (Å²) in [5, 5.41) is 9.53. The van der Waals surface area contributed by atoms with Crippen LogP contribution in [0.25, 0.3) is 0 Å². The first-order chi connectivity index (χ1) is 7.18. The topological polar surface area (TPSA) is 37.3 Å². The van der Waals surface area contributed by atoms with Crippen LogP contribution in [0.4, 0.5) is 0 Å². The van der Waals surface area contributed by atoms with Gasteiger partial charge >= 0.3 is 5.97 Å². The van der Waals surface area contributed by atoms with Crippen molar-refractivity contribution in [2.24, 2.45) is 11.8 Å². The third-order valence-corrected chi connectivity index (χ3v) is 3.35. The SMILES string of the molecule is O=C(O)C1CC1CCc1ccccc1Cl. The van der Waals surface area contributed by atoms with Gasteiger partial charge in [-0.05, 0) is 36.8 Å². The summed E-state index contributed by atoms with van der Waals surface area (Å²) in [6, 6.07) is 7.74. The average molecular weight is 225 g/mol. The highest BCUT2D eigenvalue weighted by molar-refractivity contribution is 6.31. The van der Waals surface area contributed by atoms with Gasteiger partial charge in [-0.1, -0.05) is 29.8 Å². The van der Waals surface area contributed by atoms with Crippen molar-refractivity contribution < 1.29 is 9.90 Å². The van der Waals surface area contributed by atoms with Crippen LogP contribution in [0.3, 0.4) is 0 Å². The van der Waals surface area contributed by atoms with Crippen molar-refractivity contribution in [2.75, 3.05) is 0 Å². The van der Waals surface area contributed by atoms with Crippen LogP contribution < -0.4 is 0 Å². The van der Waals surface area contributed by atoms with Crippen molar-refractivity contribution in [2.45, 2.75) is 19.3 Å². The van der Waals surface area contributed by atoms with Crippen LogP contribution in [0.2, 0.25) is 5.02 Å². The van der Waals surface area contributed by atoms with Crippen LogP contribution in [0.15, 0.2) is 24.3 Å². The van der Waals surface area contributed by atoms with E-state index in [1.54, 1.807) is 0 Å². The fourth-order valence-corrected chi connectivity index (χ4v) is 2.14. The van der Waals surface area contributed by atoms with Gasteiger partial charge in [0.15, 0.2) is 0 Å². The number of aliphatic carboxylic acids is 1. The van der Waals surface area contributed by atoms with Crippen molar-refractivity contribution in [1.82, 2.24) is 0 Å². The quantitative estimate of drug-likeness (QED) is 0.854. The second-order valence-corrected chi connectivity index (χ2v) is 4.48. The minimum atomic E-state index is -0.654. The van der Waals surface area contributed by atoms with Crippen LogP contribution in [-0.2, 0) is 11.2 Å². The molecule has 1 aromatic rings. The van der Waals surface area contributed by atoms with E-state index in [1.165, 1.54) is 0 Å². The molecule has 80 valence electrons. The molecular formula is C12H13ClO2. The lowest BCUT2D eigenvalue weighted by atomic mass is 10.1. The van der Waals surface area contributed by atoms with E-state index in [9.17, 15) is 4.79 Å². The van der Waals surface area contributed by atoms with E-state index < -0.39 is 5.97 Å². The van der Waals surface area contributed by atoms with Gasteiger partial charge in [0, 0.05) is 5.02 Å². The van der Waals surface area contributed by atoms with Gasteiger partial charge in [-0.15, -0.1) is 0 Å². The van der Waals surface area contributed by atoms with Crippen LogP contribution in [0.1, 0.15) is 18.4 Å². The van der Waals surface area contributed by atoms with Crippen molar-refractivity contribution in [3.05, 3.63) is 34.9 Å². The smallest absolute Gasteiger partial charge is 0.306 e. The molecule has 1 aromatic carbocycles. The lowest BCUT2D eigenvalue weighted by molar-refractivity contribution is -0.138. The molecule has 3 heteroatoms. The van der Waals surface area contributed by atoms with E-state index in [2.05, 4.69) is 0 Å². The number of carbonyl (C=O) groups is 1. The zero-order valence-corrected chi connectivity index (χ0v) is 9.07. The lowest BCUT2D eigenvalue weighted by Gasteiger charge is -2.02.